The van der Waals surface area contributed by atoms with Gasteiger partial charge in [-0.05, 0) is 25.9 Å². The average molecular weight is 505 g/mol. The van der Waals surface area contributed by atoms with E-state index in [1.807, 2.05) is 0 Å². The summed E-state index contributed by atoms with van der Waals surface area (Å²) in [6.45, 7) is 14.9. The fourth-order valence-corrected chi connectivity index (χ4v) is 3.58. The Labute approximate surface area is 217 Å². The standard InChI is InChI=1S/C28H60N2O5/c1-3-5-7-9-11-13-15-29-17-19-31-21-23-33-25-27-35-28-26-34-24-22-32-20-18-30-16-14-12-10-8-6-4-2/h29-30H,3-28H2,1-2H3. The van der Waals surface area contributed by atoms with E-state index >= 15 is 0 Å². The summed E-state index contributed by atoms with van der Waals surface area (Å²) in [5.74, 6) is 0. The van der Waals surface area contributed by atoms with Crippen molar-refractivity contribution in [2.24, 2.45) is 0 Å². The van der Waals surface area contributed by atoms with Crippen molar-refractivity contribution in [3.05, 3.63) is 0 Å². The second kappa shape index (κ2) is 33.7. The van der Waals surface area contributed by atoms with E-state index in [2.05, 4.69) is 24.5 Å². The van der Waals surface area contributed by atoms with Gasteiger partial charge in [0.2, 0.25) is 0 Å². The molecule has 0 saturated carbocycles. The average Bonchev–Trinajstić information content (AvgIpc) is 2.87. The van der Waals surface area contributed by atoms with E-state index in [4.69, 9.17) is 23.7 Å². The molecule has 0 fully saturated rings. The first-order chi connectivity index (χ1) is 17.4. The Kier molecular flexibility index (Phi) is 33.5. The van der Waals surface area contributed by atoms with Gasteiger partial charge in [0.15, 0.2) is 0 Å². The van der Waals surface area contributed by atoms with Crippen LogP contribution in [-0.4, -0.2) is 92.2 Å². The molecular formula is C28H60N2O5. The van der Waals surface area contributed by atoms with Gasteiger partial charge in [-0.25, -0.2) is 0 Å². The number of rotatable bonds is 32. The number of nitrogens with one attached hydrogen (secondary N) is 2. The Balaban J connectivity index is 3.00. The number of hydrogen-bond donors (Lipinski definition) is 2. The molecule has 0 spiro atoms. The minimum absolute atomic E-state index is 0.587. The third-order valence-electron chi connectivity index (χ3n) is 5.75. The van der Waals surface area contributed by atoms with Crippen LogP contribution in [0.15, 0.2) is 0 Å². The van der Waals surface area contributed by atoms with E-state index in [-0.39, 0.29) is 0 Å². The van der Waals surface area contributed by atoms with E-state index in [1.54, 1.807) is 0 Å². The van der Waals surface area contributed by atoms with Gasteiger partial charge in [0.25, 0.3) is 0 Å². The lowest BCUT2D eigenvalue weighted by Gasteiger charge is -2.09. The fraction of sp³-hybridized carbons (Fsp3) is 1.00. The molecule has 0 radical (unpaired) electrons. The quantitative estimate of drug-likeness (QED) is 0.125. The lowest BCUT2D eigenvalue weighted by atomic mass is 10.1. The maximum Gasteiger partial charge on any atom is 0.0701 e. The summed E-state index contributed by atoms with van der Waals surface area (Å²) in [7, 11) is 0. The molecule has 0 saturated heterocycles. The minimum atomic E-state index is 0.587. The molecule has 2 N–H and O–H groups in total. The molecule has 7 nitrogen and oxygen atoms in total. The van der Waals surface area contributed by atoms with Gasteiger partial charge in [-0.15, -0.1) is 0 Å². The van der Waals surface area contributed by atoms with Crippen LogP contribution in [-0.2, 0) is 23.7 Å². The van der Waals surface area contributed by atoms with E-state index in [9.17, 15) is 0 Å². The fourth-order valence-electron chi connectivity index (χ4n) is 3.58. The van der Waals surface area contributed by atoms with Crippen LogP contribution in [0.25, 0.3) is 0 Å². The molecule has 0 bridgehead atoms. The van der Waals surface area contributed by atoms with Crippen LogP contribution in [0, 0.1) is 0 Å². The molecule has 0 aliphatic heterocycles. The van der Waals surface area contributed by atoms with Gasteiger partial charge in [-0.1, -0.05) is 78.1 Å². The number of unbranched alkanes of at least 4 members (excludes halogenated alkanes) is 10. The van der Waals surface area contributed by atoms with Crippen molar-refractivity contribution in [3.63, 3.8) is 0 Å². The maximum atomic E-state index is 5.57. The number of ether oxygens (including phenoxy) is 5. The van der Waals surface area contributed by atoms with Crippen LogP contribution >= 0.6 is 0 Å². The zero-order chi connectivity index (χ0) is 25.3. The molecule has 0 heterocycles. The van der Waals surface area contributed by atoms with Crippen LogP contribution in [0.2, 0.25) is 0 Å². The molecular weight excluding hydrogens is 444 g/mol. The molecule has 0 aromatic heterocycles. The highest BCUT2D eigenvalue weighted by Crippen LogP contribution is 2.04. The van der Waals surface area contributed by atoms with Crippen molar-refractivity contribution in [1.82, 2.24) is 10.6 Å². The molecule has 0 atom stereocenters. The molecule has 0 aliphatic rings. The summed E-state index contributed by atoms with van der Waals surface area (Å²) >= 11 is 0. The molecule has 0 aromatic carbocycles. The third kappa shape index (κ3) is 33.7. The van der Waals surface area contributed by atoms with Gasteiger partial charge in [0.1, 0.15) is 0 Å². The summed E-state index contributed by atoms with van der Waals surface area (Å²) in [5, 5.41) is 6.87. The van der Waals surface area contributed by atoms with Crippen LogP contribution in [0.5, 0.6) is 0 Å². The van der Waals surface area contributed by atoms with Crippen molar-refractivity contribution in [2.45, 2.75) is 90.9 Å². The van der Waals surface area contributed by atoms with Crippen molar-refractivity contribution >= 4 is 0 Å². The lowest BCUT2D eigenvalue weighted by molar-refractivity contribution is -0.0105. The topological polar surface area (TPSA) is 70.2 Å². The monoisotopic (exact) mass is 504 g/mol. The van der Waals surface area contributed by atoms with Crippen LogP contribution in [0.3, 0.4) is 0 Å². The Morgan fingerprint density at radius 3 is 0.943 bits per heavy atom. The van der Waals surface area contributed by atoms with Gasteiger partial charge < -0.3 is 34.3 Å². The van der Waals surface area contributed by atoms with Crippen molar-refractivity contribution in [2.75, 3.05) is 92.2 Å². The Morgan fingerprint density at radius 1 is 0.314 bits per heavy atom. The molecule has 0 aromatic rings. The van der Waals surface area contributed by atoms with Crippen molar-refractivity contribution in [3.8, 4) is 0 Å². The van der Waals surface area contributed by atoms with Crippen LogP contribution in [0.4, 0.5) is 0 Å². The second-order valence-corrected chi connectivity index (χ2v) is 9.10. The Hall–Kier alpha value is -0.280. The highest BCUT2D eigenvalue weighted by atomic mass is 16.6. The summed E-state index contributed by atoms with van der Waals surface area (Å²) in [5.41, 5.74) is 0. The minimum Gasteiger partial charge on any atom is -0.378 e. The predicted molar refractivity (Wildman–Crippen MR) is 147 cm³/mol. The van der Waals surface area contributed by atoms with E-state index in [1.165, 1.54) is 77.0 Å². The second-order valence-electron chi connectivity index (χ2n) is 9.10. The Bertz CT molecular complexity index is 332. The SMILES string of the molecule is CCCCCCCCNCCOCCOCCOCCOCCOCCNCCCCCCCC. The van der Waals surface area contributed by atoms with E-state index < -0.39 is 0 Å². The molecule has 0 rings (SSSR count). The summed E-state index contributed by atoms with van der Waals surface area (Å²) < 4.78 is 27.7. The van der Waals surface area contributed by atoms with Gasteiger partial charge in [0.05, 0.1) is 66.1 Å². The highest BCUT2D eigenvalue weighted by Gasteiger charge is 1.95. The first-order valence-corrected chi connectivity index (χ1v) is 14.7. The van der Waals surface area contributed by atoms with Gasteiger partial charge in [-0.3, -0.25) is 0 Å². The molecule has 35 heavy (non-hydrogen) atoms. The molecule has 0 aliphatic carbocycles. The predicted octanol–water partition coefficient (Wildman–Crippen LogP) is 4.97. The van der Waals surface area contributed by atoms with Gasteiger partial charge >= 0.3 is 0 Å². The lowest BCUT2D eigenvalue weighted by Crippen LogP contribution is -2.22. The van der Waals surface area contributed by atoms with Crippen LogP contribution in [0.1, 0.15) is 90.9 Å². The van der Waals surface area contributed by atoms with Gasteiger partial charge in [0, 0.05) is 13.1 Å². The van der Waals surface area contributed by atoms with E-state index in [0.29, 0.717) is 52.9 Å². The Morgan fingerprint density at radius 2 is 0.600 bits per heavy atom. The zero-order valence-electron chi connectivity index (χ0n) is 23.4. The highest BCUT2D eigenvalue weighted by molar-refractivity contribution is 4.50. The first-order valence-electron chi connectivity index (χ1n) is 14.7. The normalized spacial score (nSPS) is 11.5. The molecule has 212 valence electrons. The summed E-state index contributed by atoms with van der Waals surface area (Å²) in [6, 6.07) is 0. The largest absolute Gasteiger partial charge is 0.378 e. The maximum absolute atomic E-state index is 5.57. The smallest absolute Gasteiger partial charge is 0.0701 e. The number of hydrogen-bond acceptors (Lipinski definition) is 7. The van der Waals surface area contributed by atoms with Crippen molar-refractivity contribution < 1.29 is 23.7 Å². The summed E-state index contributed by atoms with van der Waals surface area (Å²) in [4.78, 5) is 0. The molecule has 0 unspecified atom stereocenters. The van der Waals surface area contributed by atoms with Crippen molar-refractivity contribution in [1.29, 1.82) is 0 Å². The zero-order valence-corrected chi connectivity index (χ0v) is 23.4. The third-order valence-corrected chi connectivity index (χ3v) is 5.75. The first kappa shape index (κ1) is 34.7. The van der Waals surface area contributed by atoms with E-state index in [0.717, 1.165) is 39.4 Å². The molecule has 7 heteroatoms. The summed E-state index contributed by atoms with van der Waals surface area (Å²) in [6.07, 6.45) is 16.1. The van der Waals surface area contributed by atoms with Gasteiger partial charge in [-0.2, -0.15) is 0 Å². The molecule has 0 amide bonds. The van der Waals surface area contributed by atoms with Crippen LogP contribution < -0.4 is 10.6 Å².